The van der Waals surface area contributed by atoms with Gasteiger partial charge in [-0.25, -0.2) is 0 Å². The highest BCUT2D eigenvalue weighted by Gasteiger charge is 2.24. The molecule has 1 saturated heterocycles. The number of anilines is 1. The van der Waals surface area contributed by atoms with Gasteiger partial charge in [-0.15, -0.1) is 11.6 Å². The van der Waals surface area contributed by atoms with Crippen LogP contribution in [0, 0.1) is 0 Å². The van der Waals surface area contributed by atoms with Gasteiger partial charge in [-0.05, 0) is 30.3 Å². The third-order valence-electron chi connectivity index (χ3n) is 3.74. The van der Waals surface area contributed by atoms with Crippen LogP contribution in [0.15, 0.2) is 40.8 Å². The van der Waals surface area contributed by atoms with Crippen molar-refractivity contribution in [2.45, 2.75) is 5.88 Å². The molecule has 0 atom stereocenters. The van der Waals surface area contributed by atoms with Crippen LogP contribution in [0.1, 0.15) is 16.3 Å². The largest absolute Gasteiger partial charge is 0.455 e. The summed E-state index contributed by atoms with van der Waals surface area (Å²) in [5.74, 6) is 1.16. The molecule has 1 amide bonds. The Hall–Kier alpha value is -1.65. The van der Waals surface area contributed by atoms with Gasteiger partial charge < -0.3 is 14.2 Å². The maximum atomic E-state index is 12.4. The van der Waals surface area contributed by atoms with Crippen LogP contribution in [0.2, 0.25) is 5.02 Å². The van der Waals surface area contributed by atoms with E-state index >= 15 is 0 Å². The molecule has 2 aromatic rings. The number of benzene rings is 1. The lowest BCUT2D eigenvalue weighted by molar-refractivity contribution is 0.0713. The summed E-state index contributed by atoms with van der Waals surface area (Å²) in [6.45, 7) is 2.86. The molecule has 0 saturated carbocycles. The first-order valence-electron chi connectivity index (χ1n) is 7.12. The molecule has 0 spiro atoms. The summed E-state index contributed by atoms with van der Waals surface area (Å²) in [6, 6.07) is 11.2. The molecular weight excluding hydrogens is 323 g/mol. The predicted molar refractivity (Wildman–Crippen MR) is 87.8 cm³/mol. The van der Waals surface area contributed by atoms with Gasteiger partial charge in [0.15, 0.2) is 5.76 Å². The van der Waals surface area contributed by atoms with E-state index in [0.717, 1.165) is 23.8 Å². The van der Waals surface area contributed by atoms with Crippen molar-refractivity contribution in [3.8, 4) is 0 Å². The maximum Gasteiger partial charge on any atom is 0.289 e. The summed E-state index contributed by atoms with van der Waals surface area (Å²) in [5.41, 5.74) is 1.09. The summed E-state index contributed by atoms with van der Waals surface area (Å²) in [7, 11) is 0. The topological polar surface area (TPSA) is 36.7 Å². The second-order valence-corrected chi connectivity index (χ2v) is 5.86. The van der Waals surface area contributed by atoms with Crippen LogP contribution in [0.25, 0.3) is 0 Å². The fraction of sp³-hybridized carbons (Fsp3) is 0.312. The molecule has 1 aromatic carbocycles. The molecule has 4 nitrogen and oxygen atoms in total. The van der Waals surface area contributed by atoms with Crippen LogP contribution in [-0.2, 0) is 5.88 Å². The van der Waals surface area contributed by atoms with E-state index in [9.17, 15) is 4.79 Å². The van der Waals surface area contributed by atoms with Crippen LogP contribution in [0.3, 0.4) is 0 Å². The van der Waals surface area contributed by atoms with Crippen molar-refractivity contribution in [2.75, 3.05) is 31.1 Å². The van der Waals surface area contributed by atoms with E-state index in [2.05, 4.69) is 4.90 Å². The summed E-state index contributed by atoms with van der Waals surface area (Å²) in [5, 5.41) is 0.722. The van der Waals surface area contributed by atoms with Gasteiger partial charge in [0.1, 0.15) is 5.76 Å². The molecule has 1 fully saturated rings. The molecule has 0 unspecified atom stereocenters. The van der Waals surface area contributed by atoms with Crippen molar-refractivity contribution >= 4 is 34.8 Å². The second kappa shape index (κ2) is 6.63. The third-order valence-corrected chi connectivity index (χ3v) is 4.24. The number of rotatable bonds is 3. The highest BCUT2D eigenvalue weighted by molar-refractivity contribution is 6.30. The van der Waals surface area contributed by atoms with Gasteiger partial charge >= 0.3 is 0 Å². The summed E-state index contributed by atoms with van der Waals surface area (Å²) >= 11 is 11.7. The molecule has 116 valence electrons. The van der Waals surface area contributed by atoms with Crippen molar-refractivity contribution in [3.63, 3.8) is 0 Å². The minimum Gasteiger partial charge on any atom is -0.455 e. The van der Waals surface area contributed by atoms with Crippen molar-refractivity contribution in [3.05, 3.63) is 52.9 Å². The number of carbonyl (C=O) groups excluding carboxylic acids is 1. The van der Waals surface area contributed by atoms with E-state index < -0.39 is 0 Å². The Kier molecular flexibility index (Phi) is 4.60. The van der Waals surface area contributed by atoms with Gasteiger partial charge in [0.2, 0.25) is 0 Å². The number of amides is 1. The fourth-order valence-electron chi connectivity index (χ4n) is 2.56. The van der Waals surface area contributed by atoms with E-state index in [1.54, 1.807) is 17.0 Å². The Morgan fingerprint density at radius 3 is 2.55 bits per heavy atom. The molecule has 0 aliphatic carbocycles. The lowest BCUT2D eigenvalue weighted by Crippen LogP contribution is -2.48. The summed E-state index contributed by atoms with van der Waals surface area (Å²) < 4.78 is 5.42. The molecule has 6 heteroatoms. The minimum absolute atomic E-state index is 0.0814. The summed E-state index contributed by atoms with van der Waals surface area (Å²) in [6.07, 6.45) is 0. The fourth-order valence-corrected chi connectivity index (χ4v) is 2.89. The van der Waals surface area contributed by atoms with Crippen molar-refractivity contribution in [1.29, 1.82) is 0 Å². The molecule has 0 bridgehead atoms. The lowest BCUT2D eigenvalue weighted by Gasteiger charge is -2.35. The molecular formula is C16H16Cl2N2O2. The maximum absolute atomic E-state index is 12.4. The number of halogens is 2. The average molecular weight is 339 g/mol. The molecule has 1 aliphatic rings. The van der Waals surface area contributed by atoms with Crippen LogP contribution in [0.5, 0.6) is 0 Å². The third kappa shape index (κ3) is 3.23. The first-order chi connectivity index (χ1) is 10.7. The smallest absolute Gasteiger partial charge is 0.289 e. The van der Waals surface area contributed by atoms with Crippen molar-refractivity contribution < 1.29 is 9.21 Å². The zero-order valence-corrected chi connectivity index (χ0v) is 13.5. The Morgan fingerprint density at radius 1 is 1.14 bits per heavy atom. The van der Waals surface area contributed by atoms with Crippen LogP contribution >= 0.6 is 23.2 Å². The number of hydrogen-bond acceptors (Lipinski definition) is 3. The zero-order valence-electron chi connectivity index (χ0n) is 12.0. The number of hydrogen-bond donors (Lipinski definition) is 0. The van der Waals surface area contributed by atoms with Gasteiger partial charge in [-0.2, -0.15) is 0 Å². The number of nitrogens with zero attached hydrogens (tertiary/aromatic N) is 2. The molecule has 1 aromatic heterocycles. The average Bonchev–Trinajstić information content (AvgIpc) is 3.03. The molecule has 0 radical (unpaired) electrons. The highest BCUT2D eigenvalue weighted by atomic mass is 35.5. The van der Waals surface area contributed by atoms with E-state index in [0.29, 0.717) is 24.6 Å². The van der Waals surface area contributed by atoms with Crippen LogP contribution < -0.4 is 4.90 Å². The van der Waals surface area contributed by atoms with Gasteiger partial charge in [0.05, 0.1) is 5.88 Å². The first-order valence-corrected chi connectivity index (χ1v) is 8.03. The highest BCUT2D eigenvalue weighted by Crippen LogP contribution is 2.21. The molecule has 0 N–H and O–H groups in total. The monoisotopic (exact) mass is 338 g/mol. The first kappa shape index (κ1) is 15.3. The molecule has 2 heterocycles. The number of alkyl halides is 1. The van der Waals surface area contributed by atoms with E-state index in [1.807, 2.05) is 24.3 Å². The van der Waals surface area contributed by atoms with Crippen LogP contribution in [0.4, 0.5) is 5.69 Å². The van der Waals surface area contributed by atoms with E-state index in [1.165, 1.54) is 0 Å². The van der Waals surface area contributed by atoms with Gasteiger partial charge in [0, 0.05) is 36.9 Å². The SMILES string of the molecule is O=C(c1ccc(CCl)o1)N1CCN(c2cccc(Cl)c2)CC1. The predicted octanol–water partition coefficient (Wildman–Crippen LogP) is 3.63. The standard InChI is InChI=1S/C16H16Cl2N2O2/c17-11-14-4-5-15(22-14)16(21)20-8-6-19(7-9-20)13-3-1-2-12(18)10-13/h1-5,10H,6-9,11H2. The molecule has 22 heavy (non-hydrogen) atoms. The Balaban J connectivity index is 1.62. The summed E-state index contributed by atoms with van der Waals surface area (Å²) in [4.78, 5) is 16.4. The van der Waals surface area contributed by atoms with Crippen molar-refractivity contribution in [2.24, 2.45) is 0 Å². The number of piperazine rings is 1. The van der Waals surface area contributed by atoms with Crippen LogP contribution in [-0.4, -0.2) is 37.0 Å². The minimum atomic E-state index is -0.0814. The van der Waals surface area contributed by atoms with E-state index in [-0.39, 0.29) is 11.8 Å². The Morgan fingerprint density at radius 2 is 1.91 bits per heavy atom. The molecule has 1 aliphatic heterocycles. The second-order valence-electron chi connectivity index (χ2n) is 5.16. The van der Waals surface area contributed by atoms with Gasteiger partial charge in [-0.1, -0.05) is 17.7 Å². The van der Waals surface area contributed by atoms with Gasteiger partial charge in [-0.3, -0.25) is 4.79 Å². The normalized spacial score (nSPS) is 15.2. The quantitative estimate of drug-likeness (QED) is 0.802. The zero-order chi connectivity index (χ0) is 15.5. The van der Waals surface area contributed by atoms with Crippen molar-refractivity contribution in [1.82, 2.24) is 4.90 Å². The Bertz CT molecular complexity index is 664. The number of carbonyl (C=O) groups is 1. The van der Waals surface area contributed by atoms with E-state index in [4.69, 9.17) is 27.6 Å². The Labute approximate surface area is 139 Å². The lowest BCUT2D eigenvalue weighted by atomic mass is 10.2. The van der Waals surface area contributed by atoms with Gasteiger partial charge in [0.25, 0.3) is 5.91 Å². The number of furan rings is 1. The molecule has 3 rings (SSSR count).